The molecule has 0 radical (unpaired) electrons. The molecule has 0 saturated carbocycles. The number of hydrogen-bond acceptors (Lipinski definition) is 4. The molecule has 1 N–H and O–H groups in total. The molecule has 0 unspecified atom stereocenters. The number of H-pyrrole nitrogens is 1. The number of nitrogens with one attached hydrogen (secondary N) is 1. The van der Waals surface area contributed by atoms with Gasteiger partial charge in [-0.05, 0) is 26.0 Å². The first kappa shape index (κ1) is 15.7. The van der Waals surface area contributed by atoms with E-state index in [9.17, 15) is 4.79 Å². The molecule has 124 valence electrons. The van der Waals surface area contributed by atoms with Crippen LogP contribution in [0.25, 0.3) is 10.9 Å². The van der Waals surface area contributed by atoms with Gasteiger partial charge in [0.15, 0.2) is 11.5 Å². The van der Waals surface area contributed by atoms with Crippen molar-refractivity contribution >= 4 is 16.8 Å². The maximum atomic E-state index is 12.7. The molecule has 1 aromatic heterocycles. The standard InChI is InChI=1S/C17H22N2O4/c1-10-8-19(9-11(2)23-10)17(20)14-5-12-6-15(21-3)16(22-4)7-13(12)18-14/h5-7,10-11,18H,8-9H2,1-4H3/t10-,11-/m1/s1. The number of benzene rings is 1. The summed E-state index contributed by atoms with van der Waals surface area (Å²) in [5, 5.41) is 0.917. The Balaban J connectivity index is 1.92. The monoisotopic (exact) mass is 318 g/mol. The smallest absolute Gasteiger partial charge is 0.270 e. The molecule has 1 aliphatic heterocycles. The lowest BCUT2D eigenvalue weighted by Crippen LogP contribution is -2.48. The van der Waals surface area contributed by atoms with Gasteiger partial charge >= 0.3 is 0 Å². The van der Waals surface area contributed by atoms with E-state index in [0.29, 0.717) is 30.3 Å². The highest BCUT2D eigenvalue weighted by molar-refractivity contribution is 5.98. The van der Waals surface area contributed by atoms with E-state index in [1.54, 1.807) is 14.2 Å². The minimum Gasteiger partial charge on any atom is -0.493 e. The third-order valence-electron chi connectivity index (χ3n) is 4.06. The van der Waals surface area contributed by atoms with E-state index in [1.807, 2.05) is 36.9 Å². The molecular weight excluding hydrogens is 296 g/mol. The lowest BCUT2D eigenvalue weighted by Gasteiger charge is -2.35. The zero-order valence-corrected chi connectivity index (χ0v) is 13.9. The van der Waals surface area contributed by atoms with Crippen LogP contribution in [0.4, 0.5) is 0 Å². The van der Waals surface area contributed by atoms with E-state index < -0.39 is 0 Å². The molecular formula is C17H22N2O4. The van der Waals surface area contributed by atoms with Crippen LogP contribution in [0, 0.1) is 0 Å². The predicted molar refractivity (Wildman–Crippen MR) is 87.3 cm³/mol. The topological polar surface area (TPSA) is 63.8 Å². The number of hydrogen-bond donors (Lipinski definition) is 1. The van der Waals surface area contributed by atoms with Gasteiger partial charge in [-0.1, -0.05) is 0 Å². The predicted octanol–water partition coefficient (Wildman–Crippen LogP) is 2.43. The largest absolute Gasteiger partial charge is 0.493 e. The highest BCUT2D eigenvalue weighted by Crippen LogP contribution is 2.32. The van der Waals surface area contributed by atoms with Crippen molar-refractivity contribution in [3.63, 3.8) is 0 Å². The molecule has 0 bridgehead atoms. The number of nitrogens with zero attached hydrogens (tertiary/aromatic N) is 1. The van der Waals surface area contributed by atoms with Crippen LogP contribution < -0.4 is 9.47 Å². The minimum atomic E-state index is -0.0128. The summed E-state index contributed by atoms with van der Waals surface area (Å²) in [5.41, 5.74) is 1.41. The summed E-state index contributed by atoms with van der Waals surface area (Å²) in [7, 11) is 3.19. The number of carbonyl (C=O) groups excluding carboxylic acids is 1. The molecule has 2 atom stereocenters. The molecule has 6 nitrogen and oxygen atoms in total. The zero-order valence-electron chi connectivity index (χ0n) is 13.9. The Hall–Kier alpha value is -2.21. The number of aromatic amines is 1. The van der Waals surface area contributed by atoms with Crippen molar-refractivity contribution in [1.82, 2.24) is 9.88 Å². The van der Waals surface area contributed by atoms with Crippen molar-refractivity contribution in [2.45, 2.75) is 26.1 Å². The highest BCUT2D eigenvalue weighted by atomic mass is 16.5. The maximum absolute atomic E-state index is 12.7. The number of aromatic nitrogens is 1. The first-order valence-corrected chi connectivity index (χ1v) is 7.71. The second-order valence-corrected chi connectivity index (χ2v) is 5.94. The van der Waals surface area contributed by atoms with Crippen LogP contribution in [-0.4, -0.2) is 55.3 Å². The summed E-state index contributed by atoms with van der Waals surface area (Å²) in [4.78, 5) is 17.8. The van der Waals surface area contributed by atoms with Gasteiger partial charge in [0.1, 0.15) is 5.69 Å². The zero-order chi connectivity index (χ0) is 16.6. The van der Waals surface area contributed by atoms with Crippen LogP contribution in [0.2, 0.25) is 0 Å². The van der Waals surface area contributed by atoms with E-state index >= 15 is 0 Å². The van der Waals surface area contributed by atoms with Crippen molar-refractivity contribution in [1.29, 1.82) is 0 Å². The highest BCUT2D eigenvalue weighted by Gasteiger charge is 2.27. The average Bonchev–Trinajstić information content (AvgIpc) is 2.94. The van der Waals surface area contributed by atoms with Crippen LogP contribution in [-0.2, 0) is 4.74 Å². The first-order chi connectivity index (χ1) is 11.0. The number of carbonyl (C=O) groups is 1. The van der Waals surface area contributed by atoms with E-state index in [1.165, 1.54) is 0 Å². The van der Waals surface area contributed by atoms with E-state index in [-0.39, 0.29) is 18.1 Å². The Bertz CT molecular complexity index is 674. The number of morpholine rings is 1. The number of ether oxygens (including phenoxy) is 3. The Morgan fingerprint density at radius 1 is 1.13 bits per heavy atom. The summed E-state index contributed by atoms with van der Waals surface area (Å²) >= 11 is 0. The van der Waals surface area contributed by atoms with Gasteiger partial charge in [0.2, 0.25) is 0 Å². The third kappa shape index (κ3) is 2.99. The Kier molecular flexibility index (Phi) is 4.17. The van der Waals surface area contributed by atoms with E-state index in [0.717, 1.165) is 10.9 Å². The molecule has 1 aliphatic rings. The summed E-state index contributed by atoms with van der Waals surface area (Å²) in [6.07, 6.45) is 0.0968. The van der Waals surface area contributed by atoms with Crippen molar-refractivity contribution in [3.05, 3.63) is 23.9 Å². The molecule has 6 heteroatoms. The molecule has 2 aromatic rings. The van der Waals surface area contributed by atoms with Crippen LogP contribution in [0.1, 0.15) is 24.3 Å². The Morgan fingerprint density at radius 3 is 2.35 bits per heavy atom. The van der Waals surface area contributed by atoms with Gasteiger partial charge < -0.3 is 24.1 Å². The molecule has 1 amide bonds. The number of rotatable bonds is 3. The first-order valence-electron chi connectivity index (χ1n) is 7.71. The maximum Gasteiger partial charge on any atom is 0.270 e. The quantitative estimate of drug-likeness (QED) is 0.944. The number of fused-ring (bicyclic) bond motifs is 1. The van der Waals surface area contributed by atoms with Crippen LogP contribution in [0.15, 0.2) is 18.2 Å². The van der Waals surface area contributed by atoms with Crippen LogP contribution in [0.5, 0.6) is 11.5 Å². The molecule has 0 aliphatic carbocycles. The fourth-order valence-electron chi connectivity index (χ4n) is 3.09. The molecule has 0 spiro atoms. The van der Waals surface area contributed by atoms with Gasteiger partial charge in [-0.15, -0.1) is 0 Å². The molecule has 3 rings (SSSR count). The Labute approximate surface area is 135 Å². The second-order valence-electron chi connectivity index (χ2n) is 5.94. The summed E-state index contributed by atoms with van der Waals surface area (Å²) in [5.74, 6) is 1.27. The van der Waals surface area contributed by atoms with E-state index in [4.69, 9.17) is 14.2 Å². The SMILES string of the molecule is COc1cc2cc(C(=O)N3C[C@@H](C)O[C@H](C)C3)[nH]c2cc1OC. The van der Waals surface area contributed by atoms with Gasteiger partial charge in [-0.2, -0.15) is 0 Å². The van der Waals surface area contributed by atoms with Gasteiger partial charge in [-0.3, -0.25) is 4.79 Å². The second kappa shape index (κ2) is 6.12. The summed E-state index contributed by atoms with van der Waals surface area (Å²) < 4.78 is 16.3. The summed E-state index contributed by atoms with van der Waals surface area (Å²) in [6, 6.07) is 5.56. The van der Waals surface area contributed by atoms with Gasteiger partial charge in [-0.25, -0.2) is 0 Å². The van der Waals surface area contributed by atoms with E-state index in [2.05, 4.69) is 4.98 Å². The van der Waals surface area contributed by atoms with Gasteiger partial charge in [0.25, 0.3) is 5.91 Å². The number of amides is 1. The van der Waals surface area contributed by atoms with Crippen LogP contribution >= 0.6 is 0 Å². The molecule has 1 saturated heterocycles. The fourth-order valence-corrected chi connectivity index (χ4v) is 3.09. The average molecular weight is 318 g/mol. The molecule has 23 heavy (non-hydrogen) atoms. The minimum absolute atomic E-state index is 0.0128. The van der Waals surface area contributed by atoms with Crippen molar-refractivity contribution in [3.8, 4) is 11.5 Å². The molecule has 1 aromatic carbocycles. The normalized spacial score (nSPS) is 21.5. The Morgan fingerprint density at radius 2 is 1.74 bits per heavy atom. The lowest BCUT2D eigenvalue weighted by molar-refractivity contribution is -0.0587. The number of methoxy groups -OCH3 is 2. The third-order valence-corrected chi connectivity index (χ3v) is 4.06. The fraction of sp³-hybridized carbons (Fsp3) is 0.471. The molecule has 2 heterocycles. The van der Waals surface area contributed by atoms with Gasteiger partial charge in [0.05, 0.1) is 26.4 Å². The summed E-state index contributed by atoms with van der Waals surface area (Å²) in [6.45, 7) is 5.17. The van der Waals surface area contributed by atoms with Crippen molar-refractivity contribution in [2.24, 2.45) is 0 Å². The van der Waals surface area contributed by atoms with Crippen molar-refractivity contribution in [2.75, 3.05) is 27.3 Å². The van der Waals surface area contributed by atoms with Gasteiger partial charge in [0, 0.05) is 30.1 Å². The molecule has 1 fully saturated rings. The van der Waals surface area contributed by atoms with Crippen molar-refractivity contribution < 1.29 is 19.0 Å². The van der Waals surface area contributed by atoms with Crippen LogP contribution in [0.3, 0.4) is 0 Å². The lowest BCUT2D eigenvalue weighted by atomic mass is 10.2.